The highest BCUT2D eigenvalue weighted by Crippen LogP contribution is 2.64. The molecule has 1 aromatic heterocycles. The van der Waals surface area contributed by atoms with Crippen molar-refractivity contribution in [1.29, 1.82) is 0 Å². The number of nitrogens with one attached hydrogen (secondary N) is 2. The highest BCUT2D eigenvalue weighted by molar-refractivity contribution is 5.89. The number of hydrogen-bond acceptors (Lipinski definition) is 4. The van der Waals surface area contributed by atoms with E-state index in [1.807, 2.05) is 0 Å². The van der Waals surface area contributed by atoms with Crippen LogP contribution in [0.3, 0.4) is 0 Å². The molecule has 3 fully saturated rings. The van der Waals surface area contributed by atoms with Gasteiger partial charge in [0, 0.05) is 17.7 Å². The Kier molecular flexibility index (Phi) is 6.07. The fourth-order valence-electron chi connectivity index (χ4n) is 5.02. The largest absolute Gasteiger partial charge is 0.480 e. The molecule has 4 aliphatic rings. The molecule has 3 N–H and O–H groups in total. The van der Waals surface area contributed by atoms with E-state index in [9.17, 15) is 14.7 Å². The zero-order valence-corrected chi connectivity index (χ0v) is 17.2. The van der Waals surface area contributed by atoms with E-state index >= 15 is 0 Å². The molecule has 1 aromatic rings. The quantitative estimate of drug-likeness (QED) is 0.494. The second-order valence-electron chi connectivity index (χ2n) is 9.27. The Morgan fingerprint density at radius 3 is 2.66 bits per heavy atom. The first-order chi connectivity index (χ1) is 14.1. The van der Waals surface area contributed by atoms with E-state index in [2.05, 4.69) is 22.8 Å². The number of hydrogen-bond donors (Lipinski definition) is 3. The number of carboxylic acids is 1. The van der Waals surface area contributed by atoms with E-state index < -0.39 is 12.0 Å². The van der Waals surface area contributed by atoms with Crippen molar-refractivity contribution in [2.75, 3.05) is 11.9 Å². The Morgan fingerprint density at radius 1 is 1.17 bits per heavy atom. The number of unbranched alkanes of at least 4 members (excludes halogenated alkanes) is 4. The molecule has 5 rings (SSSR count). The lowest BCUT2D eigenvalue weighted by molar-refractivity contribution is -0.167. The second-order valence-corrected chi connectivity index (χ2v) is 9.27. The minimum atomic E-state index is -0.906. The molecule has 6 heteroatoms. The summed E-state index contributed by atoms with van der Waals surface area (Å²) in [5, 5.41) is 15.6. The molecule has 2 heterocycles. The van der Waals surface area contributed by atoms with Crippen LogP contribution in [0.1, 0.15) is 75.5 Å². The molecule has 0 spiro atoms. The third-order valence-electron chi connectivity index (χ3n) is 7.00. The Labute approximate surface area is 172 Å². The maximum atomic E-state index is 12.3. The van der Waals surface area contributed by atoms with Gasteiger partial charge in [-0.15, -0.1) is 0 Å². The van der Waals surface area contributed by atoms with Gasteiger partial charge >= 0.3 is 5.97 Å². The number of carboxylic acid groups (broad SMARTS) is 1. The van der Waals surface area contributed by atoms with E-state index in [4.69, 9.17) is 4.98 Å². The van der Waals surface area contributed by atoms with E-state index in [-0.39, 0.29) is 11.3 Å². The highest BCUT2D eigenvalue weighted by Gasteiger charge is 2.61. The molecular formula is C23H33N3O3. The maximum Gasteiger partial charge on any atom is 0.326 e. The Hall–Kier alpha value is -2.11. The molecule has 1 atom stereocenters. The summed E-state index contributed by atoms with van der Waals surface area (Å²) in [4.78, 5) is 28.5. The van der Waals surface area contributed by atoms with Crippen LogP contribution in [0.2, 0.25) is 0 Å². The van der Waals surface area contributed by atoms with Crippen molar-refractivity contribution in [3.8, 4) is 0 Å². The summed E-state index contributed by atoms with van der Waals surface area (Å²) < 4.78 is 0. The number of pyridine rings is 1. The van der Waals surface area contributed by atoms with E-state index in [1.54, 1.807) is 0 Å². The molecule has 0 radical (unpaired) electrons. The van der Waals surface area contributed by atoms with Crippen molar-refractivity contribution in [3.63, 3.8) is 0 Å². The van der Waals surface area contributed by atoms with Crippen molar-refractivity contribution in [2.45, 2.75) is 83.1 Å². The first kappa shape index (κ1) is 20.2. The Bertz CT molecular complexity index is 747. The lowest BCUT2D eigenvalue weighted by Gasteiger charge is -2.60. The van der Waals surface area contributed by atoms with Crippen LogP contribution in [-0.2, 0) is 22.4 Å². The van der Waals surface area contributed by atoms with Gasteiger partial charge in [-0.3, -0.25) is 4.79 Å². The van der Waals surface area contributed by atoms with Crippen molar-refractivity contribution in [3.05, 3.63) is 23.4 Å². The number of aromatic nitrogens is 1. The van der Waals surface area contributed by atoms with E-state index in [0.717, 1.165) is 88.2 Å². The number of aryl methyl sites for hydroxylation is 2. The van der Waals surface area contributed by atoms with Crippen LogP contribution in [-0.4, -0.2) is 34.6 Å². The lowest BCUT2D eigenvalue weighted by atomic mass is 9.44. The molecule has 1 unspecified atom stereocenters. The van der Waals surface area contributed by atoms with E-state index in [1.165, 1.54) is 12.0 Å². The van der Waals surface area contributed by atoms with Gasteiger partial charge in [0.1, 0.15) is 11.9 Å². The number of nitrogens with zero attached hydrogens (tertiary/aromatic N) is 1. The first-order valence-corrected chi connectivity index (χ1v) is 11.3. The van der Waals surface area contributed by atoms with Crippen LogP contribution in [0, 0.1) is 11.3 Å². The molecule has 6 nitrogen and oxygen atoms in total. The number of carbonyl (C=O) groups excluding carboxylic acids is 1. The van der Waals surface area contributed by atoms with Crippen LogP contribution in [0.5, 0.6) is 0 Å². The summed E-state index contributed by atoms with van der Waals surface area (Å²) in [6.45, 7) is 1.02. The predicted molar refractivity (Wildman–Crippen MR) is 112 cm³/mol. The number of rotatable bonds is 11. The minimum absolute atomic E-state index is 0.0283. The Balaban J connectivity index is 1.09. The average molecular weight is 400 g/mol. The van der Waals surface area contributed by atoms with Crippen molar-refractivity contribution >= 4 is 17.7 Å². The molecule has 0 aromatic carbocycles. The third kappa shape index (κ3) is 4.57. The van der Waals surface area contributed by atoms with Crippen LogP contribution in [0.15, 0.2) is 12.1 Å². The fourth-order valence-corrected chi connectivity index (χ4v) is 5.02. The topological polar surface area (TPSA) is 91.3 Å². The number of carbonyl (C=O) groups is 2. The molecule has 0 saturated heterocycles. The summed E-state index contributed by atoms with van der Waals surface area (Å²) in [6.07, 6.45) is 11.9. The van der Waals surface area contributed by atoms with Gasteiger partial charge in [0.15, 0.2) is 0 Å². The van der Waals surface area contributed by atoms with Gasteiger partial charge in [0.05, 0.1) is 0 Å². The van der Waals surface area contributed by atoms with Crippen molar-refractivity contribution < 1.29 is 14.7 Å². The van der Waals surface area contributed by atoms with Gasteiger partial charge in [-0.25, -0.2) is 9.78 Å². The smallest absolute Gasteiger partial charge is 0.326 e. The lowest BCUT2D eigenvalue weighted by Crippen LogP contribution is -2.62. The van der Waals surface area contributed by atoms with Gasteiger partial charge in [-0.05, 0) is 68.9 Å². The first-order valence-electron chi connectivity index (χ1n) is 11.3. The third-order valence-corrected chi connectivity index (χ3v) is 7.00. The molecule has 2 bridgehead atoms. The Morgan fingerprint density at radius 2 is 1.93 bits per heavy atom. The molecule has 29 heavy (non-hydrogen) atoms. The van der Waals surface area contributed by atoms with Crippen molar-refractivity contribution in [2.24, 2.45) is 11.3 Å². The maximum absolute atomic E-state index is 12.3. The number of aliphatic carboxylic acids is 1. The highest BCUT2D eigenvalue weighted by atomic mass is 16.4. The van der Waals surface area contributed by atoms with Gasteiger partial charge in [0.2, 0.25) is 5.91 Å². The average Bonchev–Trinajstić information content (AvgIpc) is 2.63. The zero-order chi connectivity index (χ0) is 20.3. The van der Waals surface area contributed by atoms with Gasteiger partial charge in [-0.1, -0.05) is 31.7 Å². The predicted octanol–water partition coefficient (Wildman–Crippen LogP) is 3.69. The van der Waals surface area contributed by atoms with Gasteiger partial charge < -0.3 is 15.7 Å². The molecule has 3 aliphatic carbocycles. The number of amides is 1. The van der Waals surface area contributed by atoms with Gasteiger partial charge in [-0.2, -0.15) is 0 Å². The van der Waals surface area contributed by atoms with Crippen LogP contribution < -0.4 is 10.6 Å². The number of anilines is 1. The second kappa shape index (κ2) is 8.72. The fraction of sp³-hybridized carbons (Fsp3) is 0.696. The molecule has 158 valence electrons. The summed E-state index contributed by atoms with van der Waals surface area (Å²) in [5.74, 6) is 0.850. The molecule has 1 amide bonds. The molecule has 3 saturated carbocycles. The van der Waals surface area contributed by atoms with Crippen molar-refractivity contribution in [1.82, 2.24) is 10.3 Å². The minimum Gasteiger partial charge on any atom is -0.480 e. The summed E-state index contributed by atoms with van der Waals surface area (Å²) in [5.41, 5.74) is 2.27. The SMILES string of the molecule is O=C(O)C(CCCCCCCc1ccc2c(n1)NCCC2)NC(=O)C12CC(C1)C2. The van der Waals surface area contributed by atoms with Gasteiger partial charge in [0.25, 0.3) is 0 Å². The van der Waals surface area contributed by atoms with Crippen LogP contribution in [0.25, 0.3) is 0 Å². The summed E-state index contributed by atoms with van der Waals surface area (Å²) in [6, 6.07) is 3.62. The number of fused-ring (bicyclic) bond motifs is 1. The monoisotopic (exact) mass is 399 g/mol. The van der Waals surface area contributed by atoms with E-state index in [0.29, 0.717) is 6.42 Å². The standard InChI is InChI=1S/C23H33N3O3/c27-21(28)19(26-22(29)23-13-16(14-23)15-23)9-5-3-1-2-4-8-18-11-10-17-7-6-12-24-20(17)25-18/h10-11,16,19H,1-9,12-15H2,(H,24,25)(H,26,29)(H,27,28). The molecule has 1 aliphatic heterocycles. The molecular weight excluding hydrogens is 366 g/mol. The van der Waals surface area contributed by atoms with Crippen LogP contribution in [0.4, 0.5) is 5.82 Å². The normalized spacial score (nSPS) is 25.0. The summed E-state index contributed by atoms with van der Waals surface area (Å²) >= 11 is 0. The zero-order valence-electron chi connectivity index (χ0n) is 17.2. The van der Waals surface area contributed by atoms with Crippen LogP contribution >= 0.6 is 0 Å². The summed E-state index contributed by atoms with van der Waals surface area (Å²) in [7, 11) is 0.